The molecule has 14 nitrogen and oxygen atoms in total. The quantitative estimate of drug-likeness (QED) is 0.113. The number of sulfonamides is 1. The molecule has 0 bridgehead atoms. The molecule has 55 heavy (non-hydrogen) atoms. The van der Waals surface area contributed by atoms with E-state index in [4.69, 9.17) is 14.2 Å². The number of rotatable bonds is 14. The first-order valence-corrected chi connectivity index (χ1v) is 19.2. The number of nitrogens with one attached hydrogen (secondary N) is 2. The highest BCUT2D eigenvalue weighted by atomic mass is 32.2. The fraction of sp³-hybridized carbons (Fsp3) is 0.325. The van der Waals surface area contributed by atoms with Gasteiger partial charge in [0.05, 0.1) is 23.0 Å². The second-order valence-electron chi connectivity index (χ2n) is 14.0. The van der Waals surface area contributed by atoms with Crippen LogP contribution in [0.1, 0.15) is 46.1 Å². The van der Waals surface area contributed by atoms with Gasteiger partial charge in [0, 0.05) is 25.0 Å². The van der Waals surface area contributed by atoms with E-state index >= 15 is 0 Å². The summed E-state index contributed by atoms with van der Waals surface area (Å²) in [6.07, 6.45) is -0.676. The summed E-state index contributed by atoms with van der Waals surface area (Å²) in [6.45, 7) is 7.56. The fourth-order valence-corrected chi connectivity index (χ4v) is 6.89. The molecule has 2 N–H and O–H groups in total. The molecule has 3 atom stereocenters. The molecule has 0 spiro atoms. The zero-order chi connectivity index (χ0) is 39.8. The first-order valence-electron chi connectivity index (χ1n) is 17.8. The normalized spacial score (nSPS) is 16.1. The summed E-state index contributed by atoms with van der Waals surface area (Å²) < 4.78 is 46.0. The number of non-ortho nitro benzene ring substituents is 1. The molecule has 0 aromatic heterocycles. The van der Waals surface area contributed by atoms with Crippen molar-refractivity contribution in [3.63, 3.8) is 0 Å². The van der Waals surface area contributed by atoms with Crippen LogP contribution in [0.3, 0.4) is 0 Å². The number of nitro groups is 1. The summed E-state index contributed by atoms with van der Waals surface area (Å²) in [5.74, 6) is -0.677. The van der Waals surface area contributed by atoms with Gasteiger partial charge in [-0.3, -0.25) is 24.6 Å². The Kier molecular flexibility index (Phi) is 12.8. The minimum atomic E-state index is -4.52. The first kappa shape index (κ1) is 40.2. The lowest BCUT2D eigenvalue weighted by Gasteiger charge is -2.28. The van der Waals surface area contributed by atoms with Gasteiger partial charge in [0.2, 0.25) is 5.91 Å². The lowest BCUT2D eigenvalue weighted by atomic mass is 10.0. The molecule has 290 valence electrons. The highest BCUT2D eigenvalue weighted by molar-refractivity contribution is 7.90. The minimum Gasteiger partial charge on any atom is -0.494 e. The lowest BCUT2D eigenvalue weighted by molar-refractivity contribution is -0.384. The third kappa shape index (κ3) is 11.0. The topological polar surface area (TPSA) is 183 Å². The summed E-state index contributed by atoms with van der Waals surface area (Å²) in [5, 5.41) is 13.8. The van der Waals surface area contributed by atoms with E-state index in [0.29, 0.717) is 23.7 Å². The van der Waals surface area contributed by atoms with E-state index in [-0.39, 0.29) is 25.1 Å². The van der Waals surface area contributed by atoms with Crippen LogP contribution in [0, 0.1) is 10.1 Å². The van der Waals surface area contributed by atoms with Gasteiger partial charge >= 0.3 is 6.09 Å². The third-order valence-corrected chi connectivity index (χ3v) is 9.88. The van der Waals surface area contributed by atoms with Crippen LogP contribution in [0.4, 0.5) is 10.5 Å². The zero-order valence-corrected chi connectivity index (χ0v) is 31.8. The van der Waals surface area contributed by atoms with Crippen LogP contribution in [0.5, 0.6) is 11.5 Å². The maximum Gasteiger partial charge on any atom is 0.411 e. The van der Waals surface area contributed by atoms with Gasteiger partial charge in [0.25, 0.3) is 21.6 Å². The highest BCUT2D eigenvalue weighted by Gasteiger charge is 2.43. The van der Waals surface area contributed by atoms with Crippen LogP contribution < -0.4 is 19.5 Å². The first-order chi connectivity index (χ1) is 26.1. The van der Waals surface area contributed by atoms with Gasteiger partial charge in [-0.2, -0.15) is 0 Å². The van der Waals surface area contributed by atoms with Gasteiger partial charge in [-0.25, -0.2) is 17.9 Å². The van der Waals surface area contributed by atoms with Gasteiger partial charge in [-0.1, -0.05) is 61.5 Å². The lowest BCUT2D eigenvalue weighted by Crippen LogP contribution is -2.54. The van der Waals surface area contributed by atoms with Gasteiger partial charge in [-0.05, 0) is 80.3 Å². The standard InChI is InChI=1S/C40H44N4O10S/c1-5-23-52-31-17-11-27(12-18-31)24-35(37(45)42-55(50,51)34-21-15-30(16-22-34)44(48)49)41-38(46)36-25-33(26-43(36)39(47)54-40(2,3)4)53-32-19-13-29(14-20-32)28-9-7-6-8-10-28/h6-22,33,35-36H,5,23-26H2,1-4H3,(H,41,46)(H,42,45)/t33-,35-,36-/m0/s1. The van der Waals surface area contributed by atoms with Gasteiger partial charge in [0.15, 0.2) is 0 Å². The third-order valence-electron chi connectivity index (χ3n) is 8.52. The smallest absolute Gasteiger partial charge is 0.411 e. The Morgan fingerprint density at radius 1 is 0.891 bits per heavy atom. The van der Waals surface area contributed by atoms with Crippen molar-refractivity contribution < 1.29 is 41.9 Å². The number of hydrogen-bond donors (Lipinski definition) is 2. The van der Waals surface area contributed by atoms with E-state index in [1.807, 2.05) is 54.1 Å². The van der Waals surface area contributed by atoms with Crippen LogP contribution in [-0.4, -0.2) is 73.1 Å². The van der Waals surface area contributed by atoms with Crippen molar-refractivity contribution in [2.24, 2.45) is 0 Å². The Bertz CT molecular complexity index is 2070. The molecular weight excluding hydrogens is 729 g/mol. The Hall–Kier alpha value is -5.96. The molecule has 3 amide bonds. The number of carbonyl (C=O) groups is 3. The predicted molar refractivity (Wildman–Crippen MR) is 204 cm³/mol. The van der Waals surface area contributed by atoms with E-state index in [9.17, 15) is 32.9 Å². The Morgan fingerprint density at radius 3 is 2.11 bits per heavy atom. The predicted octanol–water partition coefficient (Wildman–Crippen LogP) is 6.04. The molecule has 0 unspecified atom stereocenters. The monoisotopic (exact) mass is 772 g/mol. The van der Waals surface area contributed by atoms with Crippen molar-refractivity contribution in [3.8, 4) is 22.6 Å². The number of nitro benzene ring substituents is 1. The van der Waals surface area contributed by atoms with Crippen LogP contribution in [0.15, 0.2) is 108 Å². The van der Waals surface area contributed by atoms with Crippen LogP contribution in [0.2, 0.25) is 0 Å². The fourth-order valence-electron chi connectivity index (χ4n) is 5.87. The van der Waals surface area contributed by atoms with Crippen molar-refractivity contribution in [3.05, 3.63) is 119 Å². The number of ether oxygens (including phenoxy) is 3. The Labute approximate surface area is 320 Å². The molecule has 1 saturated heterocycles. The zero-order valence-electron chi connectivity index (χ0n) is 31.0. The van der Waals surface area contributed by atoms with Crippen LogP contribution in [-0.2, 0) is 30.8 Å². The number of likely N-dealkylation sites (tertiary alicyclic amines) is 1. The maximum absolute atomic E-state index is 14.1. The number of hydrogen-bond acceptors (Lipinski definition) is 10. The molecule has 4 aromatic rings. The summed E-state index contributed by atoms with van der Waals surface area (Å²) in [7, 11) is -4.52. The van der Waals surface area contributed by atoms with E-state index in [1.54, 1.807) is 57.2 Å². The molecule has 1 fully saturated rings. The average molecular weight is 773 g/mol. The molecule has 4 aromatic carbocycles. The Morgan fingerprint density at radius 2 is 1.51 bits per heavy atom. The van der Waals surface area contributed by atoms with Crippen molar-refractivity contribution >= 4 is 33.6 Å². The van der Waals surface area contributed by atoms with Gasteiger partial charge < -0.3 is 19.5 Å². The van der Waals surface area contributed by atoms with E-state index in [0.717, 1.165) is 41.8 Å². The molecule has 1 heterocycles. The van der Waals surface area contributed by atoms with E-state index < -0.39 is 61.5 Å². The minimum absolute atomic E-state index is 0.00194. The summed E-state index contributed by atoms with van der Waals surface area (Å²) >= 11 is 0. The van der Waals surface area contributed by atoms with Crippen LogP contribution in [0.25, 0.3) is 11.1 Å². The van der Waals surface area contributed by atoms with E-state index in [1.165, 1.54) is 4.90 Å². The molecule has 0 radical (unpaired) electrons. The van der Waals surface area contributed by atoms with Crippen molar-refractivity contribution in [2.75, 3.05) is 13.2 Å². The second-order valence-corrected chi connectivity index (χ2v) is 15.7. The highest BCUT2D eigenvalue weighted by Crippen LogP contribution is 2.28. The molecule has 0 saturated carbocycles. The molecular formula is C40H44N4O10S. The number of amides is 3. The molecule has 1 aliphatic rings. The molecule has 0 aliphatic carbocycles. The molecule has 5 rings (SSSR count). The van der Waals surface area contributed by atoms with Crippen molar-refractivity contribution in [1.82, 2.24) is 14.9 Å². The molecule has 1 aliphatic heterocycles. The van der Waals surface area contributed by atoms with Gasteiger partial charge in [-0.15, -0.1) is 0 Å². The average Bonchev–Trinajstić information content (AvgIpc) is 3.58. The molecule has 15 heteroatoms. The number of benzene rings is 4. The van der Waals surface area contributed by atoms with Crippen molar-refractivity contribution in [2.45, 2.75) is 75.6 Å². The van der Waals surface area contributed by atoms with E-state index in [2.05, 4.69) is 5.32 Å². The number of nitrogens with zero attached hydrogens (tertiary/aromatic N) is 2. The summed E-state index contributed by atoms with van der Waals surface area (Å²) in [5.41, 5.74) is 1.37. The SMILES string of the molecule is CCCOc1ccc(C[C@H](NC(=O)[C@@H]2C[C@H](Oc3ccc(-c4ccccc4)cc3)CN2C(=O)OC(C)(C)C)C(=O)NS(=O)(=O)c2ccc([N+](=O)[O-])cc2)cc1. The van der Waals surface area contributed by atoms with Gasteiger partial charge in [0.1, 0.15) is 35.3 Å². The number of carbonyl (C=O) groups excluding carboxylic acids is 3. The van der Waals surface area contributed by atoms with Crippen molar-refractivity contribution in [1.29, 1.82) is 0 Å². The maximum atomic E-state index is 14.1. The summed E-state index contributed by atoms with van der Waals surface area (Å²) in [4.78, 5) is 52.6. The largest absolute Gasteiger partial charge is 0.494 e. The second kappa shape index (κ2) is 17.5. The Balaban J connectivity index is 1.38. The summed E-state index contributed by atoms with van der Waals surface area (Å²) in [6, 6.07) is 25.4. The van der Waals surface area contributed by atoms with Crippen LogP contribution >= 0.6 is 0 Å².